The van der Waals surface area contributed by atoms with Crippen molar-refractivity contribution in [2.24, 2.45) is 0 Å². The van der Waals surface area contributed by atoms with Crippen molar-refractivity contribution in [3.05, 3.63) is 5.32 Å². The SMILES string of the molecule is CC(=O)[N-]C(C)(C)C(C)OC(=O)[B]C(=O)N(C)C.[Y]. The fourth-order valence-corrected chi connectivity index (χ4v) is 1.08. The molecule has 104 valence electrons. The van der Waals surface area contributed by atoms with Crippen LogP contribution in [0, 0.1) is 0 Å². The summed E-state index contributed by atoms with van der Waals surface area (Å²) in [6, 6.07) is 0. The molecule has 0 aliphatic rings. The van der Waals surface area contributed by atoms with E-state index < -0.39 is 23.3 Å². The van der Waals surface area contributed by atoms with Gasteiger partial charge in [0.2, 0.25) is 0 Å². The summed E-state index contributed by atoms with van der Waals surface area (Å²) in [5.74, 6) is -1.53. The van der Waals surface area contributed by atoms with E-state index in [-0.39, 0.29) is 38.6 Å². The number of rotatable bonds is 5. The Morgan fingerprint density at radius 1 is 1.26 bits per heavy atom. The quantitative estimate of drug-likeness (QED) is 0.711. The molecule has 6 nitrogen and oxygen atoms in total. The van der Waals surface area contributed by atoms with E-state index in [1.54, 1.807) is 20.8 Å². The minimum Gasteiger partial charge on any atom is -0.646 e. The van der Waals surface area contributed by atoms with Crippen molar-refractivity contribution in [2.75, 3.05) is 14.1 Å². The predicted molar refractivity (Wildman–Crippen MR) is 68.9 cm³/mol. The zero-order chi connectivity index (χ0) is 14.5. The zero-order valence-electron chi connectivity index (χ0n) is 12.3. The number of amides is 2. The van der Waals surface area contributed by atoms with Crippen LogP contribution in [0.2, 0.25) is 0 Å². The Labute approximate surface area is 140 Å². The third kappa shape index (κ3) is 8.37. The first kappa shape index (κ1) is 20.9. The van der Waals surface area contributed by atoms with Crippen molar-refractivity contribution in [1.29, 1.82) is 0 Å². The first-order chi connectivity index (χ1) is 8.06. The normalized spacial score (nSPS) is 11.7. The van der Waals surface area contributed by atoms with Crippen molar-refractivity contribution >= 4 is 24.9 Å². The second-order valence-electron chi connectivity index (χ2n) is 4.74. The molecule has 0 aromatic carbocycles. The van der Waals surface area contributed by atoms with Crippen LogP contribution in [0.1, 0.15) is 27.7 Å². The molecule has 2 radical (unpaired) electrons. The molecule has 0 saturated heterocycles. The van der Waals surface area contributed by atoms with E-state index in [0.29, 0.717) is 0 Å². The van der Waals surface area contributed by atoms with E-state index in [2.05, 4.69) is 5.32 Å². The fraction of sp³-hybridized carbons (Fsp3) is 0.727. The van der Waals surface area contributed by atoms with Gasteiger partial charge < -0.3 is 19.7 Å². The van der Waals surface area contributed by atoms with Gasteiger partial charge in [-0.25, -0.2) is 0 Å². The molecule has 0 N–H and O–H groups in total. The molecule has 2 amide bonds. The Kier molecular flexibility index (Phi) is 9.55. The third-order valence-corrected chi connectivity index (χ3v) is 2.42. The Balaban J connectivity index is 0. The van der Waals surface area contributed by atoms with Crippen LogP contribution in [0.25, 0.3) is 5.32 Å². The number of ether oxygens (including phenoxy) is 1. The van der Waals surface area contributed by atoms with Crippen molar-refractivity contribution in [3.63, 3.8) is 0 Å². The molecule has 0 bridgehead atoms. The number of carbonyl (C=O) groups is 3. The van der Waals surface area contributed by atoms with E-state index >= 15 is 0 Å². The molecule has 0 aliphatic carbocycles. The van der Waals surface area contributed by atoms with Crippen LogP contribution in [0.4, 0.5) is 9.59 Å². The van der Waals surface area contributed by atoms with Gasteiger partial charge in [-0.1, -0.05) is 19.4 Å². The van der Waals surface area contributed by atoms with Gasteiger partial charge in [0.15, 0.2) is 5.81 Å². The second kappa shape index (κ2) is 8.69. The van der Waals surface area contributed by atoms with Gasteiger partial charge in [-0.3, -0.25) is 9.59 Å². The summed E-state index contributed by atoms with van der Waals surface area (Å²) in [6.45, 7) is 6.32. The van der Waals surface area contributed by atoms with Gasteiger partial charge in [0, 0.05) is 52.7 Å². The van der Waals surface area contributed by atoms with Gasteiger partial charge in [-0.2, -0.15) is 0 Å². The topological polar surface area (TPSA) is 77.8 Å². The molecule has 0 spiro atoms. The summed E-state index contributed by atoms with van der Waals surface area (Å²) in [7, 11) is 3.93. The third-order valence-electron chi connectivity index (χ3n) is 2.42. The molecule has 0 heterocycles. The number of nitrogens with zero attached hydrogens (tertiary/aromatic N) is 2. The zero-order valence-corrected chi connectivity index (χ0v) is 15.1. The van der Waals surface area contributed by atoms with Gasteiger partial charge in [-0.05, 0) is 13.8 Å². The van der Waals surface area contributed by atoms with Gasteiger partial charge in [0.05, 0.1) is 6.10 Å². The maximum atomic E-state index is 11.4. The van der Waals surface area contributed by atoms with Crippen LogP contribution in [0.5, 0.6) is 0 Å². The molecular weight excluding hydrogens is 324 g/mol. The van der Waals surface area contributed by atoms with E-state index in [4.69, 9.17) is 4.74 Å². The molecule has 0 fully saturated rings. The summed E-state index contributed by atoms with van der Waals surface area (Å²) in [4.78, 5) is 34.9. The van der Waals surface area contributed by atoms with Gasteiger partial charge in [0.1, 0.15) is 0 Å². The second-order valence-corrected chi connectivity index (χ2v) is 4.74. The molecular formula is C11H19BN2O4Y-. The van der Waals surface area contributed by atoms with Crippen LogP contribution in [0.3, 0.4) is 0 Å². The van der Waals surface area contributed by atoms with Gasteiger partial charge in [0.25, 0.3) is 5.87 Å². The fourth-order valence-electron chi connectivity index (χ4n) is 1.08. The van der Waals surface area contributed by atoms with Crippen molar-refractivity contribution in [3.8, 4) is 0 Å². The smallest absolute Gasteiger partial charge is 0.377 e. The van der Waals surface area contributed by atoms with Crippen LogP contribution in [-0.4, -0.2) is 55.5 Å². The Morgan fingerprint density at radius 3 is 2.11 bits per heavy atom. The Morgan fingerprint density at radius 2 is 1.74 bits per heavy atom. The molecule has 0 aromatic rings. The van der Waals surface area contributed by atoms with Gasteiger partial charge >= 0.3 is 7.28 Å². The first-order valence-electron chi connectivity index (χ1n) is 5.56. The largest absolute Gasteiger partial charge is 0.646 e. The van der Waals surface area contributed by atoms with Crippen molar-refractivity contribution < 1.29 is 51.8 Å². The van der Waals surface area contributed by atoms with Crippen LogP contribution in [0.15, 0.2) is 0 Å². The molecule has 8 heteroatoms. The molecule has 1 unspecified atom stereocenters. The number of hydrogen-bond donors (Lipinski definition) is 0. The predicted octanol–water partition coefficient (Wildman–Crippen LogP) is 1.59. The molecule has 0 rings (SSSR count). The standard InChI is InChI=1S/C11H20BN2O4.Y/c1-7(11(3,4)13-8(2)15)18-10(17)12-9(16)14(5)6;/h7H,1-6H3,(H,13,15);/p-1. The van der Waals surface area contributed by atoms with Crippen molar-refractivity contribution in [2.45, 2.75) is 39.3 Å². The summed E-state index contributed by atoms with van der Waals surface area (Å²) in [5.41, 5.74) is -0.823. The van der Waals surface area contributed by atoms with E-state index in [0.717, 1.165) is 7.28 Å². The van der Waals surface area contributed by atoms with Crippen molar-refractivity contribution in [1.82, 2.24) is 4.90 Å². The molecule has 0 aromatic heterocycles. The Bertz CT molecular complexity index is 348. The van der Waals surface area contributed by atoms with Crippen LogP contribution in [-0.2, 0) is 42.2 Å². The van der Waals surface area contributed by atoms with Crippen LogP contribution >= 0.6 is 0 Å². The minimum atomic E-state index is -0.823. The Hall–Kier alpha value is -0.421. The number of hydrogen-bond acceptors (Lipinski definition) is 4. The molecule has 19 heavy (non-hydrogen) atoms. The molecule has 0 saturated carbocycles. The first-order valence-corrected chi connectivity index (χ1v) is 5.56. The monoisotopic (exact) mass is 343 g/mol. The van der Waals surface area contributed by atoms with Gasteiger partial charge in [-0.15, -0.1) is 0 Å². The molecule has 1 atom stereocenters. The van der Waals surface area contributed by atoms with E-state index in [1.165, 1.54) is 25.9 Å². The number of carbonyl (C=O) groups excluding carboxylic acids is 3. The maximum absolute atomic E-state index is 11.4. The average molecular weight is 343 g/mol. The average Bonchev–Trinajstić information content (AvgIpc) is 2.14. The minimum absolute atomic E-state index is 0. The van der Waals surface area contributed by atoms with E-state index in [1.807, 2.05) is 0 Å². The summed E-state index contributed by atoms with van der Waals surface area (Å²) >= 11 is 0. The summed E-state index contributed by atoms with van der Waals surface area (Å²) < 4.78 is 5.05. The van der Waals surface area contributed by atoms with E-state index in [9.17, 15) is 14.4 Å². The van der Waals surface area contributed by atoms with Crippen LogP contribution < -0.4 is 0 Å². The molecule has 0 aliphatic heterocycles. The summed E-state index contributed by atoms with van der Waals surface area (Å²) in [5, 5.41) is 3.85. The maximum Gasteiger partial charge on any atom is 0.377 e. The summed E-state index contributed by atoms with van der Waals surface area (Å²) in [6.07, 6.45) is -0.611.